The second kappa shape index (κ2) is 5.88. The smallest absolute Gasteiger partial charge is 0.269 e. The lowest BCUT2D eigenvalue weighted by Gasteiger charge is -1.99. The molecule has 0 spiro atoms. The van der Waals surface area contributed by atoms with Crippen LogP contribution in [0.3, 0.4) is 0 Å². The molecule has 0 atom stereocenters. The lowest BCUT2D eigenvalue weighted by atomic mass is 10.1. The van der Waals surface area contributed by atoms with Crippen LogP contribution in [-0.2, 0) is 11.2 Å². The highest BCUT2D eigenvalue weighted by atomic mass is 19.1. The average Bonchev–Trinajstić information content (AvgIpc) is 2.84. The summed E-state index contributed by atoms with van der Waals surface area (Å²) in [6, 6.07) is 10.7. The molecule has 23 heavy (non-hydrogen) atoms. The van der Waals surface area contributed by atoms with Crippen LogP contribution in [-0.4, -0.2) is 21.1 Å². The van der Waals surface area contributed by atoms with Gasteiger partial charge >= 0.3 is 0 Å². The summed E-state index contributed by atoms with van der Waals surface area (Å²) in [5.41, 5.74) is 1.21. The molecular weight excluding hydrogens is 301 g/mol. The molecule has 0 unspecified atom stereocenters. The van der Waals surface area contributed by atoms with Crippen LogP contribution in [0.2, 0.25) is 0 Å². The number of aromatic nitrogens is 1. The molecule has 1 heterocycles. The summed E-state index contributed by atoms with van der Waals surface area (Å²) in [6.45, 7) is 0. The van der Waals surface area contributed by atoms with Gasteiger partial charge in [0.2, 0.25) is 5.88 Å². The molecular formula is C16H12FN3O3. The molecule has 0 saturated carbocycles. The van der Waals surface area contributed by atoms with Gasteiger partial charge in [0.25, 0.3) is 5.91 Å². The summed E-state index contributed by atoms with van der Waals surface area (Å²) < 4.78 is 13.2. The molecule has 0 radical (unpaired) electrons. The second-order valence-corrected chi connectivity index (χ2v) is 4.92. The number of azo groups is 1. The summed E-state index contributed by atoms with van der Waals surface area (Å²) >= 11 is 0. The number of nitrogens with one attached hydrogen (secondary N) is 1. The number of phenolic OH excluding ortho intramolecular Hbond substituents is 1. The van der Waals surface area contributed by atoms with E-state index in [2.05, 4.69) is 15.2 Å². The third kappa shape index (κ3) is 3.03. The molecule has 3 aromatic rings. The second-order valence-electron chi connectivity index (χ2n) is 4.92. The number of benzene rings is 2. The highest BCUT2D eigenvalue weighted by Crippen LogP contribution is 2.35. The Labute approximate surface area is 129 Å². The first-order chi connectivity index (χ1) is 11.0. The first-order valence-corrected chi connectivity index (χ1v) is 6.76. The van der Waals surface area contributed by atoms with Crippen LogP contribution in [0.15, 0.2) is 52.7 Å². The third-order valence-electron chi connectivity index (χ3n) is 3.29. The van der Waals surface area contributed by atoms with Crippen LogP contribution in [0.5, 0.6) is 11.6 Å². The van der Waals surface area contributed by atoms with E-state index in [1.54, 1.807) is 24.3 Å². The third-order valence-corrected chi connectivity index (χ3v) is 3.29. The van der Waals surface area contributed by atoms with Gasteiger partial charge in [0, 0.05) is 5.39 Å². The van der Waals surface area contributed by atoms with E-state index in [0.717, 1.165) is 6.07 Å². The number of amides is 1. The van der Waals surface area contributed by atoms with Gasteiger partial charge in [0.1, 0.15) is 0 Å². The number of carbonyl (C=O) groups excluding carboxylic acids is 1. The standard InChI is InChI=1S/C16H12FN3O3/c17-11-7-9(5-6-13(11)21)8-14(22)19-20-15-10-3-1-2-4-12(10)18-16(15)23/h1-7,18,21,23H,8H2. The van der Waals surface area contributed by atoms with Gasteiger partial charge in [-0.15, -0.1) is 10.2 Å². The highest BCUT2D eigenvalue weighted by Gasteiger charge is 2.11. The fourth-order valence-electron chi connectivity index (χ4n) is 2.19. The van der Waals surface area contributed by atoms with Crippen LogP contribution in [0.4, 0.5) is 10.1 Å². The Bertz CT molecular complexity index is 918. The summed E-state index contributed by atoms with van der Waals surface area (Å²) in [5, 5.41) is 26.9. The molecule has 1 amide bonds. The van der Waals surface area contributed by atoms with E-state index in [1.165, 1.54) is 12.1 Å². The summed E-state index contributed by atoms with van der Waals surface area (Å²) in [6.07, 6.45) is -0.163. The van der Waals surface area contributed by atoms with Gasteiger partial charge in [0.05, 0.1) is 11.9 Å². The molecule has 0 aliphatic rings. The number of para-hydroxylation sites is 1. The van der Waals surface area contributed by atoms with Gasteiger partial charge in [-0.3, -0.25) is 4.79 Å². The molecule has 6 nitrogen and oxygen atoms in total. The zero-order valence-electron chi connectivity index (χ0n) is 11.8. The van der Waals surface area contributed by atoms with Crippen LogP contribution < -0.4 is 0 Å². The molecule has 116 valence electrons. The minimum absolute atomic E-state index is 0.163. The molecule has 3 rings (SSSR count). The maximum atomic E-state index is 13.2. The van der Waals surface area contributed by atoms with Gasteiger partial charge in [-0.2, -0.15) is 0 Å². The molecule has 7 heteroatoms. The van der Waals surface area contributed by atoms with E-state index in [9.17, 15) is 14.3 Å². The lowest BCUT2D eigenvalue weighted by Crippen LogP contribution is -1.98. The number of phenols is 1. The Hall–Kier alpha value is -3.22. The molecule has 0 aliphatic heterocycles. The zero-order chi connectivity index (χ0) is 16.4. The maximum absolute atomic E-state index is 13.2. The van der Waals surface area contributed by atoms with Crippen molar-refractivity contribution in [2.24, 2.45) is 10.2 Å². The zero-order valence-corrected chi connectivity index (χ0v) is 11.8. The fraction of sp³-hybridized carbons (Fsp3) is 0.0625. The number of H-pyrrole nitrogens is 1. The van der Waals surface area contributed by atoms with E-state index in [1.807, 2.05) is 0 Å². The summed E-state index contributed by atoms with van der Waals surface area (Å²) in [4.78, 5) is 14.5. The number of rotatable bonds is 3. The van der Waals surface area contributed by atoms with Gasteiger partial charge < -0.3 is 15.2 Å². The molecule has 0 aliphatic carbocycles. The van der Waals surface area contributed by atoms with Crippen molar-refractivity contribution in [3.05, 3.63) is 53.8 Å². The van der Waals surface area contributed by atoms with Crippen molar-refractivity contribution in [1.29, 1.82) is 0 Å². The largest absolute Gasteiger partial charge is 0.505 e. The number of nitrogens with zero attached hydrogens (tertiary/aromatic N) is 2. The van der Waals surface area contributed by atoms with Gasteiger partial charge in [0.15, 0.2) is 17.3 Å². The number of halogens is 1. The van der Waals surface area contributed by atoms with Crippen molar-refractivity contribution < 1.29 is 19.4 Å². The van der Waals surface area contributed by atoms with Crippen LogP contribution >= 0.6 is 0 Å². The first kappa shape index (κ1) is 14.7. The summed E-state index contributed by atoms with van der Waals surface area (Å²) in [7, 11) is 0. The van der Waals surface area contributed by atoms with Crippen molar-refractivity contribution in [2.45, 2.75) is 6.42 Å². The normalized spacial score (nSPS) is 11.3. The van der Waals surface area contributed by atoms with Gasteiger partial charge in [-0.05, 0) is 23.8 Å². The van der Waals surface area contributed by atoms with Crippen molar-refractivity contribution >= 4 is 22.5 Å². The Morgan fingerprint density at radius 2 is 1.96 bits per heavy atom. The van der Waals surface area contributed by atoms with Crippen LogP contribution in [0.25, 0.3) is 10.9 Å². The van der Waals surface area contributed by atoms with Crippen LogP contribution in [0.1, 0.15) is 5.56 Å². The quantitative estimate of drug-likeness (QED) is 0.645. The number of carbonyl (C=O) groups is 1. The Kier molecular flexibility index (Phi) is 3.76. The number of aromatic hydroxyl groups is 2. The topological polar surface area (TPSA) is 98.0 Å². The Morgan fingerprint density at radius 3 is 2.74 bits per heavy atom. The SMILES string of the molecule is O=C(Cc1ccc(O)c(F)c1)N=Nc1c(O)[nH]c2ccccc12. The predicted octanol–water partition coefficient (Wildman–Crippen LogP) is 3.57. The predicted molar refractivity (Wildman–Crippen MR) is 81.3 cm³/mol. The summed E-state index contributed by atoms with van der Waals surface area (Å²) in [5.74, 6) is -2.06. The van der Waals surface area contributed by atoms with E-state index >= 15 is 0 Å². The number of hydrogen-bond acceptors (Lipinski definition) is 4. The van der Waals surface area contributed by atoms with E-state index in [4.69, 9.17) is 5.11 Å². The van der Waals surface area contributed by atoms with Crippen LogP contribution in [0, 0.1) is 5.82 Å². The lowest BCUT2D eigenvalue weighted by molar-refractivity contribution is -0.117. The monoisotopic (exact) mass is 313 g/mol. The maximum Gasteiger partial charge on any atom is 0.269 e. The Morgan fingerprint density at radius 1 is 1.17 bits per heavy atom. The highest BCUT2D eigenvalue weighted by molar-refractivity contribution is 5.94. The van der Waals surface area contributed by atoms with E-state index < -0.39 is 17.5 Å². The molecule has 2 aromatic carbocycles. The first-order valence-electron chi connectivity index (χ1n) is 6.76. The number of fused-ring (bicyclic) bond motifs is 1. The number of hydrogen-bond donors (Lipinski definition) is 3. The van der Waals surface area contributed by atoms with Crippen molar-refractivity contribution in [2.75, 3.05) is 0 Å². The average molecular weight is 313 g/mol. The minimum atomic E-state index is -0.804. The fourth-order valence-corrected chi connectivity index (χ4v) is 2.19. The van der Waals surface area contributed by atoms with Crippen molar-refractivity contribution in [3.63, 3.8) is 0 Å². The molecule has 1 aromatic heterocycles. The van der Waals surface area contributed by atoms with E-state index in [0.29, 0.717) is 16.5 Å². The molecule has 0 bridgehead atoms. The minimum Gasteiger partial charge on any atom is -0.505 e. The molecule has 3 N–H and O–H groups in total. The van der Waals surface area contributed by atoms with E-state index in [-0.39, 0.29) is 18.0 Å². The van der Waals surface area contributed by atoms with Crippen molar-refractivity contribution in [1.82, 2.24) is 4.98 Å². The van der Waals surface area contributed by atoms with Crippen molar-refractivity contribution in [3.8, 4) is 11.6 Å². The number of aromatic amines is 1. The molecule has 0 fully saturated rings. The van der Waals surface area contributed by atoms with Gasteiger partial charge in [-0.1, -0.05) is 24.3 Å². The molecule has 0 saturated heterocycles. The van der Waals surface area contributed by atoms with Gasteiger partial charge in [-0.25, -0.2) is 4.39 Å². The Balaban J connectivity index is 1.80.